The lowest BCUT2D eigenvalue weighted by Crippen LogP contribution is -2.45. The Kier molecular flexibility index (Phi) is 8.04. The van der Waals surface area contributed by atoms with Gasteiger partial charge in [0, 0.05) is 31.7 Å². The van der Waals surface area contributed by atoms with Gasteiger partial charge < -0.3 is 16.0 Å². The smallest absolute Gasteiger partial charge is 0.215 e. The number of hydrogen-bond acceptors (Lipinski definition) is 8. The van der Waals surface area contributed by atoms with Gasteiger partial charge in [-0.2, -0.15) is 0 Å². The molecule has 8 nitrogen and oxygen atoms in total. The lowest BCUT2D eigenvalue weighted by atomic mass is 10.1. The van der Waals surface area contributed by atoms with E-state index in [4.69, 9.17) is 5.73 Å². The van der Waals surface area contributed by atoms with Crippen LogP contribution in [0.3, 0.4) is 0 Å². The lowest BCUT2D eigenvalue weighted by Gasteiger charge is -2.32. The quantitative estimate of drug-likeness (QED) is 0.482. The molecular weight excluding hydrogens is 496 g/mol. The Bertz CT molecular complexity index is 1140. The number of halogens is 2. The minimum absolute atomic E-state index is 0.0390. The highest BCUT2D eigenvalue weighted by Crippen LogP contribution is 2.31. The average molecular weight is 528 g/mol. The van der Waals surface area contributed by atoms with Crippen LogP contribution in [-0.2, 0) is 10.0 Å². The fourth-order valence-electron chi connectivity index (χ4n) is 4.75. The van der Waals surface area contributed by atoms with Gasteiger partial charge in [-0.3, -0.25) is 4.79 Å². The van der Waals surface area contributed by atoms with Gasteiger partial charge in [-0.05, 0) is 44.9 Å². The van der Waals surface area contributed by atoms with E-state index in [9.17, 15) is 22.0 Å². The van der Waals surface area contributed by atoms with Crippen LogP contribution in [0.2, 0.25) is 0 Å². The summed E-state index contributed by atoms with van der Waals surface area (Å²) in [5, 5.41) is 3.56. The number of carbonyl (C=O) groups is 1. The molecule has 1 aromatic heterocycles. The molecule has 0 amide bonds. The van der Waals surface area contributed by atoms with E-state index in [1.807, 2.05) is 7.05 Å². The van der Waals surface area contributed by atoms with Crippen LogP contribution in [0, 0.1) is 11.6 Å². The summed E-state index contributed by atoms with van der Waals surface area (Å²) in [6.45, 7) is 1.31. The number of nitrogens with one attached hydrogen (secondary N) is 1. The van der Waals surface area contributed by atoms with Crippen LogP contribution in [0.15, 0.2) is 18.2 Å². The standard InChI is InChI=1S/C23H31F2N5O3S2/c1-29(16-5-2-3-6-16)13-14-35(32,33)30-11-9-15(10-12-30)27-23-28-22(26)21(34-23)20(31)19-17(24)7-4-8-18(19)25/h4,7-8,15-16H,2-3,5-6,9-14,26H2,1H3,(H,27,28). The number of nitrogens with two attached hydrogens (primary N) is 1. The number of sulfonamides is 1. The largest absolute Gasteiger partial charge is 0.382 e. The molecular formula is C23H31F2N5O3S2. The van der Waals surface area contributed by atoms with Crippen molar-refractivity contribution in [1.29, 1.82) is 0 Å². The molecule has 2 fully saturated rings. The molecule has 3 N–H and O–H groups in total. The Labute approximate surface area is 208 Å². The van der Waals surface area contributed by atoms with Crippen molar-refractivity contribution < 1.29 is 22.0 Å². The molecule has 0 atom stereocenters. The normalized spacial score (nSPS) is 18.4. The van der Waals surface area contributed by atoms with E-state index >= 15 is 0 Å². The first-order valence-corrected chi connectivity index (χ1v) is 14.3. The van der Waals surface area contributed by atoms with Crippen molar-refractivity contribution in [2.75, 3.05) is 43.5 Å². The molecule has 0 spiro atoms. The highest BCUT2D eigenvalue weighted by Gasteiger charge is 2.30. The Morgan fingerprint density at radius 1 is 1.20 bits per heavy atom. The summed E-state index contributed by atoms with van der Waals surface area (Å²) in [6, 6.07) is 3.65. The van der Waals surface area contributed by atoms with Crippen LogP contribution in [0.4, 0.5) is 19.7 Å². The summed E-state index contributed by atoms with van der Waals surface area (Å²) in [7, 11) is -1.34. The number of anilines is 2. The second-order valence-corrected chi connectivity index (χ2v) is 12.3. The molecule has 1 aliphatic carbocycles. The second-order valence-electron chi connectivity index (χ2n) is 9.21. The maximum absolute atomic E-state index is 14.0. The first-order chi connectivity index (χ1) is 16.7. The summed E-state index contributed by atoms with van der Waals surface area (Å²) in [6.07, 6.45) is 5.84. The van der Waals surface area contributed by atoms with Gasteiger partial charge in [-0.25, -0.2) is 26.5 Å². The third kappa shape index (κ3) is 5.99. The molecule has 2 heterocycles. The summed E-state index contributed by atoms with van der Waals surface area (Å²) in [5.74, 6) is -2.76. The van der Waals surface area contributed by atoms with E-state index in [1.54, 1.807) is 4.31 Å². The Balaban J connectivity index is 1.31. The van der Waals surface area contributed by atoms with Gasteiger partial charge in [0.1, 0.15) is 22.3 Å². The number of rotatable bonds is 9. The number of piperidine rings is 1. The second kappa shape index (κ2) is 10.9. The summed E-state index contributed by atoms with van der Waals surface area (Å²) in [4.78, 5) is 18.9. The molecule has 192 valence electrons. The molecule has 4 rings (SSSR count). The highest BCUT2D eigenvalue weighted by atomic mass is 32.2. The first kappa shape index (κ1) is 25.9. The number of nitrogen functional groups attached to an aromatic ring is 1. The number of thiazole rings is 1. The number of hydrogen-bond donors (Lipinski definition) is 2. The van der Waals surface area contributed by atoms with E-state index in [0.717, 1.165) is 36.3 Å². The third-order valence-electron chi connectivity index (χ3n) is 6.87. The summed E-state index contributed by atoms with van der Waals surface area (Å²) < 4.78 is 55.3. The first-order valence-electron chi connectivity index (χ1n) is 11.9. The van der Waals surface area contributed by atoms with Crippen LogP contribution in [0.5, 0.6) is 0 Å². The SMILES string of the molecule is CN(CCS(=O)(=O)N1CCC(Nc2nc(N)c(C(=O)c3c(F)cccc3F)s2)CC1)C1CCCC1. The Hall–Kier alpha value is -2.15. The van der Waals surface area contributed by atoms with E-state index in [1.165, 1.54) is 18.9 Å². The van der Waals surface area contributed by atoms with Crippen molar-refractivity contribution in [3.05, 3.63) is 40.3 Å². The predicted molar refractivity (Wildman–Crippen MR) is 133 cm³/mol. The van der Waals surface area contributed by atoms with Gasteiger partial charge in [0.25, 0.3) is 0 Å². The molecule has 0 radical (unpaired) electrons. The molecule has 1 saturated heterocycles. The van der Waals surface area contributed by atoms with Crippen LogP contribution < -0.4 is 11.1 Å². The van der Waals surface area contributed by atoms with Crippen molar-refractivity contribution in [3.63, 3.8) is 0 Å². The van der Waals surface area contributed by atoms with Crippen molar-refractivity contribution in [1.82, 2.24) is 14.2 Å². The van der Waals surface area contributed by atoms with Crippen LogP contribution in [-0.4, -0.2) is 72.9 Å². The van der Waals surface area contributed by atoms with Gasteiger partial charge in [-0.1, -0.05) is 30.2 Å². The number of ketones is 1. The molecule has 1 aromatic carbocycles. The minimum atomic E-state index is -3.34. The molecule has 12 heteroatoms. The highest BCUT2D eigenvalue weighted by molar-refractivity contribution is 7.89. The number of benzene rings is 1. The maximum atomic E-state index is 14.0. The topological polar surface area (TPSA) is 109 Å². The average Bonchev–Trinajstić information content (AvgIpc) is 3.48. The van der Waals surface area contributed by atoms with Gasteiger partial charge in [-0.15, -0.1) is 0 Å². The van der Waals surface area contributed by atoms with Gasteiger partial charge in [0.05, 0.1) is 11.3 Å². The zero-order valence-corrected chi connectivity index (χ0v) is 21.3. The van der Waals surface area contributed by atoms with Crippen LogP contribution in [0.1, 0.15) is 53.8 Å². The van der Waals surface area contributed by atoms with Crippen molar-refractivity contribution in [3.8, 4) is 0 Å². The third-order valence-corrected chi connectivity index (χ3v) is 9.73. The molecule has 2 aromatic rings. The van der Waals surface area contributed by atoms with Gasteiger partial charge in [0.2, 0.25) is 15.8 Å². The van der Waals surface area contributed by atoms with Crippen molar-refractivity contribution in [2.24, 2.45) is 0 Å². The fourth-order valence-corrected chi connectivity index (χ4v) is 7.21. The van der Waals surface area contributed by atoms with Crippen LogP contribution >= 0.6 is 11.3 Å². The molecule has 1 saturated carbocycles. The molecule has 35 heavy (non-hydrogen) atoms. The van der Waals surface area contributed by atoms with Crippen LogP contribution in [0.25, 0.3) is 0 Å². The number of aromatic nitrogens is 1. The molecule has 0 unspecified atom stereocenters. The summed E-state index contributed by atoms with van der Waals surface area (Å²) >= 11 is 0.936. The van der Waals surface area contributed by atoms with Gasteiger partial charge >= 0.3 is 0 Å². The number of nitrogens with zero attached hydrogens (tertiary/aromatic N) is 3. The predicted octanol–water partition coefficient (Wildman–Crippen LogP) is 3.32. The van der Waals surface area contributed by atoms with Crippen molar-refractivity contribution in [2.45, 2.75) is 50.6 Å². The molecule has 0 bridgehead atoms. The zero-order chi connectivity index (χ0) is 25.2. The molecule has 1 aliphatic heterocycles. The fraction of sp³-hybridized carbons (Fsp3) is 0.565. The Morgan fingerprint density at radius 2 is 1.83 bits per heavy atom. The maximum Gasteiger partial charge on any atom is 0.215 e. The van der Waals surface area contributed by atoms with E-state index in [2.05, 4.69) is 15.2 Å². The van der Waals surface area contributed by atoms with Crippen molar-refractivity contribution >= 4 is 38.1 Å². The van der Waals surface area contributed by atoms with E-state index in [0.29, 0.717) is 43.6 Å². The van der Waals surface area contributed by atoms with E-state index < -0.39 is 33.0 Å². The van der Waals surface area contributed by atoms with E-state index in [-0.39, 0.29) is 22.5 Å². The Morgan fingerprint density at radius 3 is 2.46 bits per heavy atom. The lowest BCUT2D eigenvalue weighted by molar-refractivity contribution is 0.103. The summed E-state index contributed by atoms with van der Waals surface area (Å²) in [5.41, 5.74) is 5.21. The number of carbonyl (C=O) groups excluding carboxylic acids is 1. The zero-order valence-electron chi connectivity index (χ0n) is 19.7. The monoisotopic (exact) mass is 527 g/mol. The minimum Gasteiger partial charge on any atom is -0.382 e. The molecule has 2 aliphatic rings. The van der Waals surface area contributed by atoms with Gasteiger partial charge in [0.15, 0.2) is 5.13 Å².